The third-order valence-electron chi connectivity index (χ3n) is 4.48. The number of nitrogens with one attached hydrogen (secondary N) is 1. The Hall–Kier alpha value is -3.44. The van der Waals surface area contributed by atoms with Crippen LogP contribution in [-0.2, 0) is 0 Å². The molecule has 1 aromatic heterocycles. The fourth-order valence-corrected chi connectivity index (χ4v) is 3.33. The number of carbonyl (C=O) groups is 1. The Kier molecular flexibility index (Phi) is 5.63. The van der Waals surface area contributed by atoms with Crippen molar-refractivity contribution in [3.63, 3.8) is 0 Å². The summed E-state index contributed by atoms with van der Waals surface area (Å²) in [5.74, 6) is 0.458. The van der Waals surface area contributed by atoms with Crippen molar-refractivity contribution in [2.45, 2.75) is 19.9 Å². The minimum absolute atomic E-state index is 0.195. The van der Waals surface area contributed by atoms with Gasteiger partial charge in [0.2, 0.25) is 5.95 Å². The van der Waals surface area contributed by atoms with Crippen LogP contribution in [0.4, 0.5) is 5.95 Å². The van der Waals surface area contributed by atoms with Crippen molar-refractivity contribution in [2.24, 2.45) is 0 Å². The lowest BCUT2D eigenvalue weighted by Gasteiger charge is -2.14. The number of esters is 1. The van der Waals surface area contributed by atoms with E-state index in [-0.39, 0.29) is 6.04 Å². The Balaban J connectivity index is 1.84. The molecule has 3 aromatic carbocycles. The van der Waals surface area contributed by atoms with E-state index in [1.54, 1.807) is 42.6 Å². The Morgan fingerprint density at radius 1 is 1.00 bits per heavy atom. The Morgan fingerprint density at radius 3 is 2.47 bits per heavy atom. The van der Waals surface area contributed by atoms with Crippen molar-refractivity contribution in [2.75, 3.05) is 5.32 Å². The molecule has 0 saturated carbocycles. The third-order valence-corrected chi connectivity index (χ3v) is 4.80. The van der Waals surface area contributed by atoms with E-state index >= 15 is 0 Å². The fraction of sp³-hybridized carbons (Fsp3) is 0.125. The zero-order valence-electron chi connectivity index (χ0n) is 16.6. The van der Waals surface area contributed by atoms with Gasteiger partial charge in [-0.2, -0.15) is 0 Å². The Labute approximate surface area is 179 Å². The van der Waals surface area contributed by atoms with Crippen LogP contribution in [0, 0.1) is 0 Å². The number of halogens is 1. The molecule has 0 aliphatic heterocycles. The predicted octanol–water partition coefficient (Wildman–Crippen LogP) is 5.99. The molecule has 1 heterocycles. The van der Waals surface area contributed by atoms with E-state index in [1.165, 1.54) is 0 Å². The number of fused-ring (bicyclic) bond motifs is 1. The molecule has 6 heteroatoms. The first kappa shape index (κ1) is 19.9. The topological polar surface area (TPSA) is 64.1 Å². The van der Waals surface area contributed by atoms with E-state index < -0.39 is 5.97 Å². The second-order valence-corrected chi connectivity index (χ2v) is 7.54. The van der Waals surface area contributed by atoms with Crippen molar-refractivity contribution >= 4 is 34.4 Å². The molecule has 0 fully saturated rings. The molecule has 5 nitrogen and oxygen atoms in total. The van der Waals surface area contributed by atoms with Crippen molar-refractivity contribution in [3.8, 4) is 16.9 Å². The van der Waals surface area contributed by atoms with Gasteiger partial charge >= 0.3 is 5.97 Å². The van der Waals surface area contributed by atoms with Crippen LogP contribution >= 0.6 is 11.6 Å². The van der Waals surface area contributed by atoms with E-state index in [0.29, 0.717) is 33.4 Å². The van der Waals surface area contributed by atoms with Crippen LogP contribution in [0.25, 0.3) is 22.0 Å². The lowest BCUT2D eigenvalue weighted by molar-refractivity contribution is 0.0736. The molecule has 0 aliphatic rings. The molecule has 4 rings (SSSR count). The zero-order chi connectivity index (χ0) is 21.1. The largest absolute Gasteiger partial charge is 0.422 e. The van der Waals surface area contributed by atoms with Gasteiger partial charge in [-0.05, 0) is 38.1 Å². The molecule has 0 spiro atoms. The maximum absolute atomic E-state index is 12.7. The number of carbonyl (C=O) groups excluding carboxylic acids is 1. The second-order valence-electron chi connectivity index (χ2n) is 7.14. The number of aromatic nitrogens is 2. The highest BCUT2D eigenvalue weighted by Crippen LogP contribution is 2.38. The van der Waals surface area contributed by atoms with E-state index in [1.807, 2.05) is 44.2 Å². The molecular weight excluding hydrogens is 398 g/mol. The van der Waals surface area contributed by atoms with Crippen LogP contribution in [0.3, 0.4) is 0 Å². The van der Waals surface area contributed by atoms with Crippen LogP contribution < -0.4 is 10.1 Å². The SMILES string of the molecule is CC(C)Nc1ncc2cc(-c3ccccc3Cl)c(OC(=O)c3ccccc3)cc2n1. The normalized spacial score (nSPS) is 10.9. The summed E-state index contributed by atoms with van der Waals surface area (Å²) in [6.45, 7) is 4.03. The molecule has 0 bridgehead atoms. The lowest BCUT2D eigenvalue weighted by atomic mass is 10.0. The third kappa shape index (κ3) is 4.26. The number of hydrogen-bond donors (Lipinski definition) is 1. The molecule has 0 amide bonds. The maximum atomic E-state index is 12.7. The molecule has 0 aliphatic carbocycles. The molecule has 0 saturated heterocycles. The van der Waals surface area contributed by atoms with Gasteiger partial charge < -0.3 is 10.1 Å². The van der Waals surface area contributed by atoms with E-state index in [0.717, 1.165) is 10.9 Å². The van der Waals surface area contributed by atoms with Crippen LogP contribution in [-0.4, -0.2) is 22.0 Å². The average Bonchev–Trinajstić information content (AvgIpc) is 2.74. The van der Waals surface area contributed by atoms with Gasteiger partial charge in [-0.25, -0.2) is 14.8 Å². The number of benzene rings is 3. The van der Waals surface area contributed by atoms with Crippen LogP contribution in [0.5, 0.6) is 5.75 Å². The summed E-state index contributed by atoms with van der Waals surface area (Å²) in [6.07, 6.45) is 1.75. The second kappa shape index (κ2) is 8.51. The minimum atomic E-state index is -0.446. The quantitative estimate of drug-likeness (QED) is 0.319. The van der Waals surface area contributed by atoms with E-state index in [2.05, 4.69) is 15.3 Å². The van der Waals surface area contributed by atoms with E-state index in [9.17, 15) is 4.79 Å². The standard InChI is InChI=1S/C24H20ClN3O2/c1-15(2)27-24-26-14-17-12-19(18-10-6-7-11-20(18)25)22(13-21(17)28-24)30-23(29)16-8-4-3-5-9-16/h3-15H,1-2H3,(H,26,27,28). The molecule has 1 N–H and O–H groups in total. The van der Waals surface area contributed by atoms with Gasteiger partial charge in [0.05, 0.1) is 11.1 Å². The first-order valence-electron chi connectivity index (χ1n) is 9.61. The Bertz CT molecular complexity index is 1210. The van der Waals surface area contributed by atoms with Gasteiger partial charge in [-0.1, -0.05) is 48.0 Å². The summed E-state index contributed by atoms with van der Waals surface area (Å²) in [6, 6.07) is 20.1. The number of rotatable bonds is 5. The molecule has 30 heavy (non-hydrogen) atoms. The van der Waals surface area contributed by atoms with Crippen LogP contribution in [0.2, 0.25) is 5.02 Å². The van der Waals surface area contributed by atoms with Crippen molar-refractivity contribution in [1.29, 1.82) is 0 Å². The van der Waals surface area contributed by atoms with Gasteiger partial charge in [0, 0.05) is 39.8 Å². The highest BCUT2D eigenvalue weighted by Gasteiger charge is 2.17. The summed E-state index contributed by atoms with van der Waals surface area (Å²) in [5.41, 5.74) is 2.60. The van der Waals surface area contributed by atoms with Crippen LogP contribution in [0.1, 0.15) is 24.2 Å². The monoisotopic (exact) mass is 417 g/mol. The first-order valence-corrected chi connectivity index (χ1v) is 9.98. The highest BCUT2D eigenvalue weighted by molar-refractivity contribution is 6.33. The summed E-state index contributed by atoms with van der Waals surface area (Å²) in [7, 11) is 0. The molecule has 0 unspecified atom stereocenters. The summed E-state index contributed by atoms with van der Waals surface area (Å²) < 4.78 is 5.79. The van der Waals surface area contributed by atoms with Gasteiger partial charge in [0.1, 0.15) is 5.75 Å². The van der Waals surface area contributed by atoms with E-state index in [4.69, 9.17) is 16.3 Å². The van der Waals surface area contributed by atoms with Crippen molar-refractivity contribution in [1.82, 2.24) is 9.97 Å². The molecule has 150 valence electrons. The van der Waals surface area contributed by atoms with Gasteiger partial charge in [0.25, 0.3) is 0 Å². The summed E-state index contributed by atoms with van der Waals surface area (Å²) >= 11 is 6.44. The van der Waals surface area contributed by atoms with Gasteiger partial charge in [-0.15, -0.1) is 0 Å². The zero-order valence-corrected chi connectivity index (χ0v) is 17.4. The van der Waals surface area contributed by atoms with Crippen molar-refractivity contribution < 1.29 is 9.53 Å². The smallest absolute Gasteiger partial charge is 0.343 e. The first-order chi connectivity index (χ1) is 14.5. The highest BCUT2D eigenvalue weighted by atomic mass is 35.5. The molecule has 0 atom stereocenters. The van der Waals surface area contributed by atoms with Gasteiger partial charge in [-0.3, -0.25) is 0 Å². The number of anilines is 1. The number of hydrogen-bond acceptors (Lipinski definition) is 5. The summed E-state index contributed by atoms with van der Waals surface area (Å²) in [5, 5.41) is 4.57. The predicted molar refractivity (Wildman–Crippen MR) is 120 cm³/mol. The van der Waals surface area contributed by atoms with Crippen molar-refractivity contribution in [3.05, 3.63) is 83.5 Å². The minimum Gasteiger partial charge on any atom is -0.422 e. The molecule has 4 aromatic rings. The summed E-state index contributed by atoms with van der Waals surface area (Å²) in [4.78, 5) is 21.7. The average molecular weight is 418 g/mol. The molecule has 0 radical (unpaired) electrons. The lowest BCUT2D eigenvalue weighted by Crippen LogP contribution is -2.12. The molecular formula is C24H20ClN3O2. The maximum Gasteiger partial charge on any atom is 0.343 e. The fourth-order valence-electron chi connectivity index (χ4n) is 3.10. The number of nitrogens with zero attached hydrogens (tertiary/aromatic N) is 2. The number of ether oxygens (including phenoxy) is 1. The van der Waals surface area contributed by atoms with Crippen LogP contribution in [0.15, 0.2) is 72.9 Å². The Morgan fingerprint density at radius 2 is 1.73 bits per heavy atom. The van der Waals surface area contributed by atoms with Gasteiger partial charge in [0.15, 0.2) is 0 Å².